The van der Waals surface area contributed by atoms with Crippen LogP contribution < -0.4 is 10.1 Å². The van der Waals surface area contributed by atoms with Gasteiger partial charge in [-0.15, -0.1) is 13.2 Å². The number of fused-ring (bicyclic) bond motifs is 1. The molecule has 4 aromatic rings. The Morgan fingerprint density at radius 2 is 1.71 bits per heavy atom. The van der Waals surface area contributed by atoms with Crippen LogP contribution in [-0.2, 0) is 16.1 Å². The van der Waals surface area contributed by atoms with Gasteiger partial charge in [-0.1, -0.05) is 67.0 Å². The van der Waals surface area contributed by atoms with Crippen LogP contribution in [0.5, 0.6) is 5.75 Å². The lowest BCUT2D eigenvalue weighted by atomic mass is 9.84. The van der Waals surface area contributed by atoms with Gasteiger partial charge in [-0.3, -0.25) is 14.0 Å². The smallest absolute Gasteiger partial charge is 0.466 e. The van der Waals surface area contributed by atoms with E-state index in [0.29, 0.717) is 18.1 Å². The van der Waals surface area contributed by atoms with E-state index in [-0.39, 0.29) is 29.9 Å². The van der Waals surface area contributed by atoms with Crippen LogP contribution in [0.25, 0.3) is 15.4 Å². The zero-order valence-electron chi connectivity index (χ0n) is 22.9. The van der Waals surface area contributed by atoms with E-state index in [1.165, 1.54) is 80.2 Å². The predicted octanol–water partition coefficient (Wildman–Crippen LogP) is 7.51. The average molecular weight is 588 g/mol. The van der Waals surface area contributed by atoms with Gasteiger partial charge in [0.15, 0.2) is 4.96 Å². The average Bonchev–Trinajstić information content (AvgIpc) is 3.53. The van der Waals surface area contributed by atoms with Crippen LogP contribution in [0.15, 0.2) is 60.9 Å². The predicted molar refractivity (Wildman–Crippen MR) is 151 cm³/mol. The molecule has 5 rings (SSSR count). The molecule has 11 heteroatoms. The zero-order chi connectivity index (χ0) is 29.4. The van der Waals surface area contributed by atoms with Crippen molar-refractivity contribution in [3.8, 4) is 16.2 Å². The van der Waals surface area contributed by atoms with Gasteiger partial charge in [-0.25, -0.2) is 4.98 Å². The minimum absolute atomic E-state index is 0.162. The van der Waals surface area contributed by atoms with Gasteiger partial charge in [0, 0.05) is 25.9 Å². The second-order valence-electron chi connectivity index (χ2n) is 9.67. The number of carbonyl (C=O) groups excluding carboxylic acids is 2. The van der Waals surface area contributed by atoms with Gasteiger partial charge in [0.1, 0.15) is 11.4 Å². The normalized spacial score (nSPS) is 13.8. The number of amides is 1. The number of imidazole rings is 1. The highest BCUT2D eigenvalue weighted by atomic mass is 32.1. The summed E-state index contributed by atoms with van der Waals surface area (Å²) in [5, 5.41) is 2.74. The molecule has 2 aromatic carbocycles. The number of hydrogen-bond acceptors (Lipinski definition) is 6. The Morgan fingerprint density at radius 1 is 1.02 bits per heavy atom. The van der Waals surface area contributed by atoms with Crippen molar-refractivity contribution >= 4 is 28.2 Å². The molecule has 7 nitrogen and oxygen atoms in total. The van der Waals surface area contributed by atoms with E-state index in [1.807, 2.05) is 10.6 Å². The molecule has 0 aliphatic heterocycles. The summed E-state index contributed by atoms with van der Waals surface area (Å²) in [6, 6.07) is 14.2. The second kappa shape index (κ2) is 13.7. The first-order chi connectivity index (χ1) is 19.6. The number of ether oxygens (including phenoxy) is 2. The summed E-state index contributed by atoms with van der Waals surface area (Å²) in [6.45, 7) is 3.81. The molecule has 0 atom stereocenters. The van der Waals surface area contributed by atoms with Gasteiger partial charge >= 0.3 is 12.3 Å². The maximum Gasteiger partial charge on any atom is 0.573 e. The number of rotatable bonds is 7. The third kappa shape index (κ3) is 8.81. The van der Waals surface area contributed by atoms with E-state index < -0.39 is 6.36 Å². The van der Waals surface area contributed by atoms with Gasteiger partial charge in [-0.2, -0.15) is 0 Å². The van der Waals surface area contributed by atoms with Crippen LogP contribution in [0, 0.1) is 0 Å². The fraction of sp³-hybridized carbons (Fsp3) is 0.367. The molecule has 1 N–H and O–H groups in total. The van der Waals surface area contributed by atoms with Crippen LogP contribution in [0.4, 0.5) is 13.2 Å². The monoisotopic (exact) mass is 587 g/mol. The molecule has 218 valence electrons. The number of esters is 1. The largest absolute Gasteiger partial charge is 0.573 e. The van der Waals surface area contributed by atoms with Gasteiger partial charge in [0.2, 0.25) is 0 Å². The van der Waals surface area contributed by atoms with E-state index in [1.54, 1.807) is 13.1 Å². The van der Waals surface area contributed by atoms with Gasteiger partial charge in [0.05, 0.1) is 11.5 Å². The van der Waals surface area contributed by atoms with Crippen molar-refractivity contribution in [1.82, 2.24) is 14.7 Å². The lowest BCUT2D eigenvalue weighted by Crippen LogP contribution is -2.23. The maximum atomic E-state index is 12.5. The SMILES string of the molecule is CCOC(C)=O.O=C(NCc1ccc(OC(F)(F)F)cc1)c1cn2cc(-c3ccc(C4CCCCC4)cc3)sc2n1. The Hall–Kier alpha value is -3.86. The highest BCUT2D eigenvalue weighted by Crippen LogP contribution is 2.35. The number of carbonyl (C=O) groups is 2. The topological polar surface area (TPSA) is 81.9 Å². The number of halogens is 3. The fourth-order valence-corrected chi connectivity index (χ4v) is 5.65. The molecular weight excluding hydrogens is 555 g/mol. The quantitative estimate of drug-likeness (QED) is 0.226. The summed E-state index contributed by atoms with van der Waals surface area (Å²) in [4.78, 5) is 28.6. The lowest BCUT2D eigenvalue weighted by molar-refractivity contribution is -0.274. The standard InChI is InChI=1S/C26H24F3N3O2S.C4H8O2/c27-26(28,29)34-21-12-6-17(7-13-21)14-30-24(33)22-15-32-16-23(35-25(32)31-22)20-10-8-19(9-11-20)18-4-2-1-3-5-18;1-3-6-4(2)5/h6-13,15-16,18H,1-5,14H2,(H,30,33);3H2,1-2H3. The molecule has 1 amide bonds. The first-order valence-electron chi connectivity index (χ1n) is 13.5. The van der Waals surface area contributed by atoms with Crippen LogP contribution in [-0.4, -0.2) is 34.2 Å². The van der Waals surface area contributed by atoms with E-state index in [0.717, 1.165) is 15.4 Å². The maximum absolute atomic E-state index is 12.5. The minimum Gasteiger partial charge on any atom is -0.466 e. The summed E-state index contributed by atoms with van der Waals surface area (Å²) in [5.41, 5.74) is 3.47. The molecule has 2 aromatic heterocycles. The number of alkyl halides is 3. The number of hydrogen-bond donors (Lipinski definition) is 1. The van der Waals surface area contributed by atoms with Gasteiger partial charge in [0.25, 0.3) is 5.91 Å². The summed E-state index contributed by atoms with van der Waals surface area (Å²) < 4.78 is 46.9. The Bertz CT molecular complexity index is 1410. The van der Waals surface area contributed by atoms with Crippen molar-refractivity contribution in [2.24, 2.45) is 0 Å². The second-order valence-corrected chi connectivity index (χ2v) is 10.7. The molecule has 41 heavy (non-hydrogen) atoms. The van der Waals surface area contributed by atoms with Crippen molar-refractivity contribution in [3.05, 3.63) is 77.7 Å². The molecule has 0 spiro atoms. The number of nitrogens with zero attached hydrogens (tertiary/aromatic N) is 2. The fourth-order valence-electron chi connectivity index (χ4n) is 4.68. The third-order valence-corrected chi connectivity index (χ3v) is 7.66. The Morgan fingerprint density at radius 3 is 2.27 bits per heavy atom. The molecule has 1 saturated carbocycles. The molecule has 1 fully saturated rings. The van der Waals surface area contributed by atoms with Gasteiger partial charge in [-0.05, 0) is 54.5 Å². The molecule has 0 bridgehead atoms. The number of thiazole rings is 1. The first kappa shape index (κ1) is 30.1. The van der Waals surface area contributed by atoms with Crippen LogP contribution in [0.2, 0.25) is 0 Å². The van der Waals surface area contributed by atoms with Crippen LogP contribution in [0.1, 0.15) is 73.5 Å². The van der Waals surface area contributed by atoms with E-state index in [2.05, 4.69) is 44.0 Å². The van der Waals surface area contributed by atoms with E-state index >= 15 is 0 Å². The third-order valence-electron chi connectivity index (χ3n) is 6.62. The van der Waals surface area contributed by atoms with Crippen LogP contribution >= 0.6 is 11.3 Å². The highest BCUT2D eigenvalue weighted by Gasteiger charge is 2.31. The summed E-state index contributed by atoms with van der Waals surface area (Å²) in [7, 11) is 0. The molecule has 0 unspecified atom stereocenters. The van der Waals surface area contributed by atoms with E-state index in [4.69, 9.17) is 0 Å². The molecular formula is C30H32F3N3O4S. The van der Waals surface area contributed by atoms with Crippen LogP contribution in [0.3, 0.4) is 0 Å². The lowest BCUT2D eigenvalue weighted by Gasteiger charge is -2.22. The molecule has 1 aliphatic rings. The number of nitrogens with one attached hydrogen (secondary N) is 1. The summed E-state index contributed by atoms with van der Waals surface area (Å²) in [6.07, 6.45) is 5.43. The van der Waals surface area contributed by atoms with Crippen molar-refractivity contribution in [1.29, 1.82) is 0 Å². The summed E-state index contributed by atoms with van der Waals surface area (Å²) in [5.74, 6) is -0.195. The Balaban J connectivity index is 0.000000585. The Kier molecular flexibility index (Phi) is 10.0. The molecule has 0 radical (unpaired) electrons. The minimum atomic E-state index is -4.73. The molecule has 0 saturated heterocycles. The zero-order valence-corrected chi connectivity index (χ0v) is 23.7. The molecule has 1 aliphatic carbocycles. The number of aromatic nitrogens is 2. The van der Waals surface area contributed by atoms with Gasteiger partial charge < -0.3 is 14.8 Å². The summed E-state index contributed by atoms with van der Waals surface area (Å²) >= 11 is 1.52. The first-order valence-corrected chi connectivity index (χ1v) is 14.3. The van der Waals surface area contributed by atoms with Crippen molar-refractivity contribution < 1.29 is 32.2 Å². The Labute approximate surface area is 240 Å². The van der Waals surface area contributed by atoms with Crippen molar-refractivity contribution in [2.45, 2.75) is 64.8 Å². The van der Waals surface area contributed by atoms with Crippen molar-refractivity contribution in [3.63, 3.8) is 0 Å². The van der Waals surface area contributed by atoms with E-state index in [9.17, 15) is 22.8 Å². The molecule has 2 heterocycles. The number of benzene rings is 2. The highest BCUT2D eigenvalue weighted by molar-refractivity contribution is 7.20. The van der Waals surface area contributed by atoms with Crippen molar-refractivity contribution in [2.75, 3.05) is 6.61 Å².